The molecule has 1 heterocycles. The highest BCUT2D eigenvalue weighted by atomic mass is 16.5. The van der Waals surface area contributed by atoms with Crippen molar-refractivity contribution < 1.29 is 24.2 Å². The molecular weight excluding hydrogens is 360 g/mol. The molecule has 1 aliphatic carbocycles. The summed E-state index contributed by atoms with van der Waals surface area (Å²) < 4.78 is 11.0. The van der Waals surface area contributed by atoms with Crippen LogP contribution in [0.25, 0.3) is 0 Å². The summed E-state index contributed by atoms with van der Waals surface area (Å²) in [6.07, 6.45) is 7.34. The fourth-order valence-electron chi connectivity index (χ4n) is 3.84. The summed E-state index contributed by atoms with van der Waals surface area (Å²) >= 11 is 0. The van der Waals surface area contributed by atoms with Crippen molar-refractivity contribution in [3.63, 3.8) is 0 Å². The maximum absolute atomic E-state index is 13.0. The maximum Gasteiger partial charge on any atom is 0.338 e. The molecule has 1 aromatic rings. The number of urea groups is 1. The van der Waals surface area contributed by atoms with Gasteiger partial charge in [0.2, 0.25) is 0 Å². The molecule has 152 valence electrons. The number of ether oxygens (including phenoxy) is 2. The van der Waals surface area contributed by atoms with E-state index in [0.717, 1.165) is 25.7 Å². The Balaban J connectivity index is 1.85. The van der Waals surface area contributed by atoms with E-state index in [0.29, 0.717) is 16.8 Å². The van der Waals surface area contributed by atoms with Crippen molar-refractivity contribution in [1.82, 2.24) is 10.6 Å². The lowest BCUT2D eigenvalue weighted by Gasteiger charge is -2.30. The molecule has 28 heavy (non-hydrogen) atoms. The van der Waals surface area contributed by atoms with Gasteiger partial charge in [-0.1, -0.05) is 25.3 Å². The molecule has 0 radical (unpaired) electrons. The van der Waals surface area contributed by atoms with Crippen LogP contribution in [0, 0.1) is 0 Å². The molecule has 0 spiro atoms. The topological polar surface area (TPSA) is 96.9 Å². The SMILES string of the molecule is COc1cc([C@@H]2NC(=O)NC(C)=C2C(=O)OC2CCCCCCC2)ccc1O. The van der Waals surface area contributed by atoms with E-state index in [4.69, 9.17) is 9.47 Å². The van der Waals surface area contributed by atoms with Crippen LogP contribution in [0.15, 0.2) is 29.5 Å². The number of rotatable bonds is 4. The molecule has 3 N–H and O–H groups in total. The van der Waals surface area contributed by atoms with E-state index < -0.39 is 18.0 Å². The van der Waals surface area contributed by atoms with Crippen molar-refractivity contribution in [3.8, 4) is 11.5 Å². The summed E-state index contributed by atoms with van der Waals surface area (Å²) in [5.41, 5.74) is 1.47. The molecule has 2 aliphatic rings. The highest BCUT2D eigenvalue weighted by Gasteiger charge is 2.33. The van der Waals surface area contributed by atoms with Crippen LogP contribution in [0.5, 0.6) is 11.5 Å². The lowest BCUT2D eigenvalue weighted by atomic mass is 9.94. The zero-order valence-electron chi connectivity index (χ0n) is 16.4. The predicted molar refractivity (Wildman–Crippen MR) is 104 cm³/mol. The van der Waals surface area contributed by atoms with Gasteiger partial charge in [-0.25, -0.2) is 9.59 Å². The van der Waals surface area contributed by atoms with Crippen molar-refractivity contribution in [1.29, 1.82) is 0 Å². The van der Waals surface area contributed by atoms with Gasteiger partial charge in [0.1, 0.15) is 6.10 Å². The van der Waals surface area contributed by atoms with Crippen molar-refractivity contribution in [2.45, 2.75) is 64.0 Å². The number of benzene rings is 1. The summed E-state index contributed by atoms with van der Waals surface area (Å²) in [6, 6.07) is 3.68. The molecule has 1 fully saturated rings. The molecule has 1 saturated carbocycles. The van der Waals surface area contributed by atoms with Gasteiger partial charge in [0.25, 0.3) is 0 Å². The summed E-state index contributed by atoms with van der Waals surface area (Å²) in [6.45, 7) is 1.69. The predicted octanol–water partition coefficient (Wildman–Crippen LogP) is 3.68. The monoisotopic (exact) mass is 388 g/mol. The second-order valence-corrected chi connectivity index (χ2v) is 7.37. The molecule has 2 amide bonds. The number of hydrogen-bond donors (Lipinski definition) is 3. The fraction of sp³-hybridized carbons (Fsp3) is 0.524. The third-order valence-electron chi connectivity index (χ3n) is 5.35. The number of hydrogen-bond acceptors (Lipinski definition) is 5. The number of carbonyl (C=O) groups excluding carboxylic acids is 2. The average molecular weight is 388 g/mol. The van der Waals surface area contributed by atoms with Crippen LogP contribution in [-0.2, 0) is 9.53 Å². The second kappa shape index (κ2) is 8.99. The molecule has 7 nitrogen and oxygen atoms in total. The van der Waals surface area contributed by atoms with E-state index in [9.17, 15) is 14.7 Å². The van der Waals surface area contributed by atoms with Crippen LogP contribution in [-0.4, -0.2) is 30.3 Å². The Morgan fingerprint density at radius 2 is 1.82 bits per heavy atom. The first-order valence-corrected chi connectivity index (χ1v) is 9.85. The zero-order chi connectivity index (χ0) is 20.1. The number of nitrogens with one attached hydrogen (secondary N) is 2. The van der Waals surface area contributed by atoms with Crippen LogP contribution in [0.3, 0.4) is 0 Å². The molecule has 1 aliphatic heterocycles. The summed E-state index contributed by atoms with van der Waals surface area (Å²) in [5, 5.41) is 15.3. The minimum atomic E-state index is -0.677. The Bertz CT molecular complexity index is 766. The first-order chi connectivity index (χ1) is 13.5. The van der Waals surface area contributed by atoms with Crippen molar-refractivity contribution >= 4 is 12.0 Å². The lowest BCUT2D eigenvalue weighted by Crippen LogP contribution is -2.45. The molecule has 3 rings (SSSR count). The molecule has 7 heteroatoms. The van der Waals surface area contributed by atoms with Gasteiger partial charge in [-0.15, -0.1) is 0 Å². The summed E-state index contributed by atoms with van der Waals surface area (Å²) in [4.78, 5) is 25.1. The fourth-order valence-corrected chi connectivity index (χ4v) is 3.84. The Labute approximate surface area is 165 Å². The van der Waals surface area contributed by atoms with Crippen LogP contribution in [0.2, 0.25) is 0 Å². The average Bonchev–Trinajstić information content (AvgIpc) is 2.63. The number of amides is 2. The number of allylic oxidation sites excluding steroid dienone is 1. The molecule has 0 saturated heterocycles. The van der Waals surface area contributed by atoms with Gasteiger partial charge in [-0.05, 0) is 50.3 Å². The third-order valence-corrected chi connectivity index (χ3v) is 5.35. The first kappa shape index (κ1) is 20.0. The Morgan fingerprint density at radius 3 is 2.50 bits per heavy atom. The molecule has 1 aromatic carbocycles. The van der Waals surface area contributed by atoms with Gasteiger partial charge in [-0.3, -0.25) is 0 Å². The van der Waals surface area contributed by atoms with Crippen LogP contribution in [0.1, 0.15) is 63.5 Å². The Morgan fingerprint density at radius 1 is 1.14 bits per heavy atom. The highest BCUT2D eigenvalue weighted by Crippen LogP contribution is 2.34. The van der Waals surface area contributed by atoms with Crippen molar-refractivity contribution in [3.05, 3.63) is 35.0 Å². The third kappa shape index (κ3) is 4.58. The van der Waals surface area contributed by atoms with Gasteiger partial charge in [0.05, 0.1) is 18.7 Å². The van der Waals surface area contributed by atoms with Crippen LogP contribution >= 0.6 is 0 Å². The molecule has 0 aromatic heterocycles. The zero-order valence-corrected chi connectivity index (χ0v) is 16.4. The highest BCUT2D eigenvalue weighted by molar-refractivity contribution is 5.95. The van der Waals surface area contributed by atoms with Gasteiger partial charge in [-0.2, -0.15) is 0 Å². The first-order valence-electron chi connectivity index (χ1n) is 9.85. The van der Waals surface area contributed by atoms with E-state index in [1.54, 1.807) is 19.1 Å². The minimum absolute atomic E-state index is 0.00846. The number of esters is 1. The lowest BCUT2D eigenvalue weighted by molar-refractivity contribution is -0.145. The van der Waals surface area contributed by atoms with Gasteiger partial charge in [0, 0.05) is 5.70 Å². The quantitative estimate of drug-likeness (QED) is 0.684. The maximum atomic E-state index is 13.0. The largest absolute Gasteiger partial charge is 0.504 e. The number of phenolic OH excluding ortho intramolecular Hbond substituents is 1. The van der Waals surface area contributed by atoms with E-state index >= 15 is 0 Å². The number of carbonyl (C=O) groups is 2. The van der Waals surface area contributed by atoms with Gasteiger partial charge in [0.15, 0.2) is 11.5 Å². The summed E-state index contributed by atoms with van der Waals surface area (Å²) in [7, 11) is 1.45. The number of aromatic hydroxyl groups is 1. The molecule has 1 atom stereocenters. The minimum Gasteiger partial charge on any atom is -0.504 e. The molecule has 0 bridgehead atoms. The van der Waals surface area contributed by atoms with E-state index in [1.807, 2.05) is 0 Å². The van der Waals surface area contributed by atoms with Crippen LogP contribution < -0.4 is 15.4 Å². The van der Waals surface area contributed by atoms with Crippen molar-refractivity contribution in [2.75, 3.05) is 7.11 Å². The second-order valence-electron chi connectivity index (χ2n) is 7.37. The number of phenols is 1. The van der Waals surface area contributed by atoms with Crippen LogP contribution in [0.4, 0.5) is 4.79 Å². The Kier molecular flexibility index (Phi) is 6.44. The van der Waals surface area contributed by atoms with E-state index in [2.05, 4.69) is 10.6 Å². The van der Waals surface area contributed by atoms with Crippen molar-refractivity contribution in [2.24, 2.45) is 0 Å². The number of methoxy groups -OCH3 is 1. The standard InChI is InChI=1S/C21H28N2O5/c1-13-18(20(25)28-15-8-6-4-3-5-7-9-15)19(23-21(26)22-13)14-10-11-16(24)17(12-14)27-2/h10-12,15,19,24H,3-9H2,1-2H3,(H2,22,23,26)/t19-/m0/s1. The van der Waals surface area contributed by atoms with E-state index in [1.165, 1.54) is 32.4 Å². The Hall–Kier alpha value is -2.70. The van der Waals surface area contributed by atoms with Gasteiger partial charge >= 0.3 is 12.0 Å². The summed E-state index contributed by atoms with van der Waals surface area (Å²) in [5.74, 6) is -0.158. The normalized spacial score (nSPS) is 21.2. The van der Waals surface area contributed by atoms with Gasteiger partial charge < -0.3 is 25.2 Å². The smallest absolute Gasteiger partial charge is 0.338 e. The molecule has 0 unspecified atom stereocenters. The molecular formula is C21H28N2O5. The van der Waals surface area contributed by atoms with E-state index in [-0.39, 0.29) is 17.6 Å².